The Morgan fingerprint density at radius 2 is 1.71 bits per heavy atom. The zero-order valence-electron chi connectivity index (χ0n) is 20.4. The molecule has 1 aliphatic carbocycles. The molecular weight excluding hydrogens is 419 g/mol. The third-order valence-corrected chi connectivity index (χ3v) is 8.64. The Hall–Kier alpha value is -3.20. The van der Waals surface area contributed by atoms with Crippen LogP contribution in [0, 0.1) is 18.2 Å². The van der Waals surface area contributed by atoms with Crippen LogP contribution in [-0.2, 0) is 7.05 Å². The van der Waals surface area contributed by atoms with E-state index in [4.69, 9.17) is 0 Å². The zero-order valence-corrected chi connectivity index (χ0v) is 20.4. The number of hydrogen-bond acceptors (Lipinski definition) is 0. The van der Waals surface area contributed by atoms with E-state index >= 15 is 4.39 Å². The summed E-state index contributed by atoms with van der Waals surface area (Å²) in [7, 11) is 2.13. The van der Waals surface area contributed by atoms with Crippen LogP contribution in [-0.4, -0.2) is 4.40 Å². The monoisotopic (exact) mass is 449 g/mol. The summed E-state index contributed by atoms with van der Waals surface area (Å²) in [4.78, 5) is 0. The number of halogens is 1. The van der Waals surface area contributed by atoms with Crippen LogP contribution in [0.15, 0.2) is 54.7 Å². The molecule has 170 valence electrons. The number of rotatable bonds is 1. The molecule has 0 amide bonds. The topological polar surface area (TPSA) is 8.29 Å². The molecule has 0 radical (unpaired) electrons. The maximum Gasteiger partial charge on any atom is 0.224 e. The second-order valence-corrected chi connectivity index (χ2v) is 11.3. The van der Waals surface area contributed by atoms with Crippen molar-refractivity contribution in [3.8, 4) is 0 Å². The number of para-hydroxylation sites is 1. The molecule has 3 heterocycles. The van der Waals surface area contributed by atoms with Crippen molar-refractivity contribution in [3.63, 3.8) is 0 Å². The number of pyridine rings is 2. The summed E-state index contributed by atoms with van der Waals surface area (Å²) in [5.74, 6) is 0.408. The lowest BCUT2D eigenvalue weighted by molar-refractivity contribution is -0.643. The lowest BCUT2D eigenvalue weighted by Gasteiger charge is -2.34. The molecule has 0 bridgehead atoms. The van der Waals surface area contributed by atoms with E-state index < -0.39 is 0 Å². The molecule has 2 nitrogen and oxygen atoms in total. The van der Waals surface area contributed by atoms with Gasteiger partial charge in [0.1, 0.15) is 12.9 Å². The van der Waals surface area contributed by atoms with Crippen LogP contribution >= 0.6 is 0 Å². The van der Waals surface area contributed by atoms with Crippen molar-refractivity contribution in [2.75, 3.05) is 0 Å². The maximum absolute atomic E-state index is 15.5. The highest BCUT2D eigenvalue weighted by Crippen LogP contribution is 2.45. The van der Waals surface area contributed by atoms with Crippen LogP contribution in [0.2, 0.25) is 0 Å². The van der Waals surface area contributed by atoms with Gasteiger partial charge < -0.3 is 4.40 Å². The molecule has 1 fully saturated rings. The fourth-order valence-electron chi connectivity index (χ4n) is 6.70. The molecule has 6 aromatic rings. The Labute approximate surface area is 198 Å². The molecule has 0 aliphatic heterocycles. The van der Waals surface area contributed by atoms with Crippen LogP contribution in [0.4, 0.5) is 4.39 Å². The third-order valence-electron chi connectivity index (χ3n) is 8.64. The van der Waals surface area contributed by atoms with E-state index in [1.54, 1.807) is 6.07 Å². The summed E-state index contributed by atoms with van der Waals surface area (Å²) in [6.45, 7) is 6.96. The fourth-order valence-corrected chi connectivity index (χ4v) is 6.70. The highest BCUT2D eigenvalue weighted by atomic mass is 19.1. The lowest BCUT2D eigenvalue weighted by Crippen LogP contribution is -2.29. The van der Waals surface area contributed by atoms with E-state index in [0.717, 1.165) is 21.8 Å². The quantitative estimate of drug-likeness (QED) is 0.137. The highest BCUT2D eigenvalue weighted by molar-refractivity contribution is 6.25. The van der Waals surface area contributed by atoms with Crippen LogP contribution in [0.5, 0.6) is 0 Å². The average Bonchev–Trinajstić information content (AvgIpc) is 3.15. The molecule has 0 unspecified atom stereocenters. The average molecular weight is 450 g/mol. The van der Waals surface area contributed by atoms with Crippen molar-refractivity contribution in [1.29, 1.82) is 0 Å². The van der Waals surface area contributed by atoms with Crippen LogP contribution in [0.25, 0.3) is 49.0 Å². The smallest absolute Gasteiger partial charge is 0.224 e. The largest absolute Gasteiger partial charge is 0.305 e. The molecular formula is C31H30FN2+. The number of hydrogen-bond donors (Lipinski definition) is 0. The van der Waals surface area contributed by atoms with Crippen molar-refractivity contribution in [2.24, 2.45) is 12.5 Å². The Balaban J connectivity index is 1.70. The lowest BCUT2D eigenvalue weighted by atomic mass is 9.71. The number of fused-ring (bicyclic) bond motifs is 5. The van der Waals surface area contributed by atoms with E-state index in [2.05, 4.69) is 79.4 Å². The standard InChI is InChI=1S/C31H30FN2/c1-18-8-9-23-22-6-5-7-24(32)28(22)34-25-17-21(19-10-13-31(2,3)14-11-19)16-20-12-15-33(4)30(27(20)25)26(18)29(23)34/h5-9,12,15-17,19H,10-11,13-14H2,1-4H3/q+1. The van der Waals surface area contributed by atoms with Gasteiger partial charge in [-0.25, -0.2) is 8.96 Å². The molecule has 3 heteroatoms. The Kier molecular flexibility index (Phi) is 3.97. The Morgan fingerprint density at radius 3 is 2.50 bits per heavy atom. The predicted octanol–water partition coefficient (Wildman–Crippen LogP) is 7.95. The molecule has 3 aromatic carbocycles. The first-order valence-electron chi connectivity index (χ1n) is 12.5. The minimum Gasteiger partial charge on any atom is -0.305 e. The van der Waals surface area contributed by atoms with Gasteiger partial charge in [0, 0.05) is 16.8 Å². The van der Waals surface area contributed by atoms with Crippen LogP contribution < -0.4 is 4.57 Å². The van der Waals surface area contributed by atoms with Gasteiger partial charge in [-0.1, -0.05) is 44.2 Å². The van der Waals surface area contributed by atoms with Crippen molar-refractivity contribution in [3.05, 3.63) is 71.7 Å². The minimum atomic E-state index is -0.154. The maximum atomic E-state index is 15.5. The first-order valence-corrected chi connectivity index (χ1v) is 12.5. The van der Waals surface area contributed by atoms with Gasteiger partial charge in [0.15, 0.2) is 6.20 Å². The fraction of sp³-hybridized carbons (Fsp3) is 0.323. The highest BCUT2D eigenvalue weighted by Gasteiger charge is 2.30. The predicted molar refractivity (Wildman–Crippen MR) is 139 cm³/mol. The summed E-state index contributed by atoms with van der Waals surface area (Å²) < 4.78 is 20.0. The van der Waals surface area contributed by atoms with Crippen molar-refractivity contribution in [2.45, 2.75) is 52.4 Å². The first-order chi connectivity index (χ1) is 16.3. The molecule has 1 saturated carbocycles. The molecule has 1 aliphatic rings. The first kappa shape index (κ1) is 20.2. The number of aromatic nitrogens is 2. The summed E-state index contributed by atoms with van der Waals surface area (Å²) in [6, 6.07) is 16.9. The van der Waals surface area contributed by atoms with Gasteiger partial charge in [0.25, 0.3) is 0 Å². The summed E-state index contributed by atoms with van der Waals surface area (Å²) >= 11 is 0. The van der Waals surface area contributed by atoms with Crippen molar-refractivity contribution < 1.29 is 8.96 Å². The van der Waals surface area contributed by atoms with Gasteiger partial charge in [-0.05, 0) is 72.6 Å². The third kappa shape index (κ3) is 2.58. The van der Waals surface area contributed by atoms with E-state index in [1.165, 1.54) is 58.5 Å². The van der Waals surface area contributed by atoms with Crippen molar-refractivity contribution >= 4 is 49.0 Å². The number of nitrogens with zero attached hydrogens (tertiary/aromatic N) is 2. The van der Waals surface area contributed by atoms with Gasteiger partial charge in [0.05, 0.1) is 27.3 Å². The van der Waals surface area contributed by atoms with E-state index in [-0.39, 0.29) is 5.82 Å². The number of benzene rings is 3. The van der Waals surface area contributed by atoms with Gasteiger partial charge in [-0.3, -0.25) is 0 Å². The van der Waals surface area contributed by atoms with Crippen LogP contribution in [0.1, 0.15) is 56.6 Å². The normalized spacial score (nSPS) is 17.2. The van der Waals surface area contributed by atoms with E-state index in [1.807, 2.05) is 6.07 Å². The molecule has 3 aromatic heterocycles. The Bertz CT molecular complexity index is 1760. The number of aryl methyl sites for hydroxylation is 2. The molecule has 7 rings (SSSR count). The molecule has 0 spiro atoms. The second kappa shape index (κ2) is 6.69. The van der Waals surface area contributed by atoms with Gasteiger partial charge >= 0.3 is 0 Å². The molecule has 0 saturated heterocycles. The van der Waals surface area contributed by atoms with E-state index in [0.29, 0.717) is 16.8 Å². The van der Waals surface area contributed by atoms with E-state index in [9.17, 15) is 0 Å². The molecule has 0 N–H and O–H groups in total. The molecule has 0 atom stereocenters. The summed E-state index contributed by atoms with van der Waals surface area (Å²) in [5, 5.41) is 5.83. The summed E-state index contributed by atoms with van der Waals surface area (Å²) in [6.07, 6.45) is 7.14. The SMILES string of the molecule is Cc1ccc2c3cccc(F)c3n3c4cc(C5CCC(C)(C)CC5)cc5cc[n+](C)c(c1c23)c54. The van der Waals surface area contributed by atoms with Gasteiger partial charge in [-0.2, -0.15) is 0 Å². The molecule has 34 heavy (non-hydrogen) atoms. The van der Waals surface area contributed by atoms with Gasteiger partial charge in [0.2, 0.25) is 5.52 Å². The van der Waals surface area contributed by atoms with Crippen LogP contribution in [0.3, 0.4) is 0 Å². The summed E-state index contributed by atoms with van der Waals surface area (Å²) in [5.41, 5.74) is 7.27. The second-order valence-electron chi connectivity index (χ2n) is 11.3. The van der Waals surface area contributed by atoms with Gasteiger partial charge in [-0.15, -0.1) is 0 Å². The van der Waals surface area contributed by atoms with Crippen molar-refractivity contribution in [1.82, 2.24) is 4.40 Å². The Morgan fingerprint density at radius 1 is 0.941 bits per heavy atom. The zero-order chi connectivity index (χ0) is 23.4. The minimum absolute atomic E-state index is 0.154.